The standard InChI is InChI=1S/C13H17NO4/c1-9(2)7-16-13(15)14-6-10-3-4-11-12(5-10)18-8-17-11/h3-5,9H,6-8H2,1-2H3,(H,14,15). The molecule has 0 saturated heterocycles. The number of hydrogen-bond donors (Lipinski definition) is 1. The maximum absolute atomic E-state index is 11.4. The third-order valence-electron chi connectivity index (χ3n) is 2.42. The van der Waals surface area contributed by atoms with E-state index in [1.165, 1.54) is 0 Å². The van der Waals surface area contributed by atoms with E-state index >= 15 is 0 Å². The van der Waals surface area contributed by atoms with Gasteiger partial charge in [-0.25, -0.2) is 4.79 Å². The fraction of sp³-hybridized carbons (Fsp3) is 0.462. The van der Waals surface area contributed by atoms with Gasteiger partial charge in [-0.05, 0) is 23.6 Å². The van der Waals surface area contributed by atoms with Crippen LogP contribution in [0, 0.1) is 5.92 Å². The minimum Gasteiger partial charge on any atom is -0.454 e. The van der Waals surface area contributed by atoms with Crippen LogP contribution in [-0.4, -0.2) is 19.5 Å². The van der Waals surface area contributed by atoms with Crippen LogP contribution in [0.2, 0.25) is 0 Å². The zero-order valence-electron chi connectivity index (χ0n) is 10.6. The fourth-order valence-electron chi connectivity index (χ4n) is 1.52. The Hall–Kier alpha value is -1.91. The molecule has 1 heterocycles. The van der Waals surface area contributed by atoms with Crippen LogP contribution in [0.3, 0.4) is 0 Å². The van der Waals surface area contributed by atoms with Crippen molar-refractivity contribution in [2.24, 2.45) is 5.92 Å². The van der Waals surface area contributed by atoms with Gasteiger partial charge in [0.25, 0.3) is 0 Å². The molecule has 0 radical (unpaired) electrons. The highest BCUT2D eigenvalue weighted by Gasteiger charge is 2.13. The number of hydrogen-bond acceptors (Lipinski definition) is 4. The van der Waals surface area contributed by atoms with Crippen LogP contribution < -0.4 is 14.8 Å². The molecule has 0 fully saturated rings. The number of alkyl carbamates (subject to hydrolysis) is 1. The van der Waals surface area contributed by atoms with Crippen LogP contribution in [0.15, 0.2) is 18.2 Å². The Balaban J connectivity index is 1.81. The first-order valence-corrected chi connectivity index (χ1v) is 5.94. The van der Waals surface area contributed by atoms with E-state index in [0.29, 0.717) is 24.8 Å². The fourth-order valence-corrected chi connectivity index (χ4v) is 1.52. The predicted molar refractivity (Wildman–Crippen MR) is 65.6 cm³/mol. The number of rotatable bonds is 4. The van der Waals surface area contributed by atoms with Gasteiger partial charge in [0.1, 0.15) is 0 Å². The summed E-state index contributed by atoms with van der Waals surface area (Å²) in [5, 5.41) is 2.69. The molecule has 0 spiro atoms. The lowest BCUT2D eigenvalue weighted by Gasteiger charge is -2.09. The van der Waals surface area contributed by atoms with Crippen LogP contribution in [0.25, 0.3) is 0 Å². The summed E-state index contributed by atoms with van der Waals surface area (Å²) in [5.41, 5.74) is 0.945. The van der Waals surface area contributed by atoms with Gasteiger partial charge < -0.3 is 19.5 Å². The highest BCUT2D eigenvalue weighted by atomic mass is 16.7. The molecule has 2 rings (SSSR count). The Kier molecular flexibility index (Phi) is 3.92. The lowest BCUT2D eigenvalue weighted by atomic mass is 10.2. The van der Waals surface area contributed by atoms with Gasteiger partial charge in [-0.15, -0.1) is 0 Å². The largest absolute Gasteiger partial charge is 0.454 e. The number of fused-ring (bicyclic) bond motifs is 1. The van der Waals surface area contributed by atoms with Gasteiger partial charge in [-0.2, -0.15) is 0 Å². The first-order chi connectivity index (χ1) is 8.65. The summed E-state index contributed by atoms with van der Waals surface area (Å²) in [5.74, 6) is 1.78. The number of nitrogens with one attached hydrogen (secondary N) is 1. The SMILES string of the molecule is CC(C)COC(=O)NCc1ccc2c(c1)OCO2. The van der Waals surface area contributed by atoms with Gasteiger partial charge in [0.2, 0.25) is 6.79 Å². The Morgan fingerprint density at radius 3 is 2.94 bits per heavy atom. The molecule has 98 valence electrons. The summed E-state index contributed by atoms with van der Waals surface area (Å²) in [6.45, 7) is 5.07. The van der Waals surface area contributed by atoms with Crippen LogP contribution in [0.5, 0.6) is 11.5 Å². The van der Waals surface area contributed by atoms with Crippen molar-refractivity contribution < 1.29 is 19.0 Å². The quantitative estimate of drug-likeness (QED) is 0.892. The van der Waals surface area contributed by atoms with Gasteiger partial charge >= 0.3 is 6.09 Å². The molecule has 1 aromatic rings. The average Bonchev–Trinajstić information content (AvgIpc) is 2.81. The van der Waals surface area contributed by atoms with Crippen molar-refractivity contribution in [2.45, 2.75) is 20.4 Å². The summed E-state index contributed by atoms with van der Waals surface area (Å²) in [6, 6.07) is 5.57. The minimum absolute atomic E-state index is 0.253. The van der Waals surface area contributed by atoms with E-state index in [2.05, 4.69) is 5.32 Å². The van der Waals surface area contributed by atoms with Crippen LogP contribution >= 0.6 is 0 Å². The lowest BCUT2D eigenvalue weighted by molar-refractivity contribution is 0.132. The highest BCUT2D eigenvalue weighted by Crippen LogP contribution is 2.32. The number of ether oxygens (including phenoxy) is 3. The molecule has 1 N–H and O–H groups in total. The molecule has 18 heavy (non-hydrogen) atoms. The molecular weight excluding hydrogens is 234 g/mol. The van der Waals surface area contributed by atoms with Crippen molar-refractivity contribution in [3.05, 3.63) is 23.8 Å². The Labute approximate surface area is 106 Å². The third kappa shape index (κ3) is 3.29. The number of carbonyl (C=O) groups excluding carboxylic acids is 1. The highest BCUT2D eigenvalue weighted by molar-refractivity contribution is 5.67. The first kappa shape index (κ1) is 12.5. The summed E-state index contributed by atoms with van der Waals surface area (Å²) in [7, 11) is 0. The molecule has 0 saturated carbocycles. The van der Waals surface area contributed by atoms with Gasteiger partial charge in [0, 0.05) is 6.54 Å². The van der Waals surface area contributed by atoms with Crippen LogP contribution in [0.1, 0.15) is 19.4 Å². The molecule has 1 amide bonds. The third-order valence-corrected chi connectivity index (χ3v) is 2.42. The smallest absolute Gasteiger partial charge is 0.407 e. The monoisotopic (exact) mass is 251 g/mol. The van der Waals surface area contributed by atoms with Crippen molar-refractivity contribution in [1.82, 2.24) is 5.32 Å². The van der Waals surface area contributed by atoms with Crippen molar-refractivity contribution in [2.75, 3.05) is 13.4 Å². The molecule has 1 aromatic carbocycles. The molecule has 0 bridgehead atoms. The number of amides is 1. The second-order valence-electron chi connectivity index (χ2n) is 4.53. The second-order valence-corrected chi connectivity index (χ2v) is 4.53. The van der Waals surface area contributed by atoms with Crippen molar-refractivity contribution in [1.29, 1.82) is 0 Å². The topological polar surface area (TPSA) is 56.8 Å². The number of carbonyl (C=O) groups is 1. The Bertz CT molecular complexity index is 431. The lowest BCUT2D eigenvalue weighted by Crippen LogP contribution is -2.25. The molecule has 0 aromatic heterocycles. The Morgan fingerprint density at radius 2 is 2.17 bits per heavy atom. The average molecular weight is 251 g/mol. The second kappa shape index (κ2) is 5.62. The maximum atomic E-state index is 11.4. The zero-order chi connectivity index (χ0) is 13.0. The number of benzene rings is 1. The Morgan fingerprint density at radius 1 is 1.39 bits per heavy atom. The molecular formula is C13H17NO4. The van der Waals surface area contributed by atoms with E-state index in [9.17, 15) is 4.79 Å². The molecule has 5 heteroatoms. The summed E-state index contributed by atoms with van der Waals surface area (Å²) >= 11 is 0. The van der Waals surface area contributed by atoms with E-state index in [-0.39, 0.29) is 6.79 Å². The summed E-state index contributed by atoms with van der Waals surface area (Å²) < 4.78 is 15.5. The molecule has 5 nitrogen and oxygen atoms in total. The molecule has 0 unspecified atom stereocenters. The van der Waals surface area contributed by atoms with E-state index in [1.54, 1.807) is 0 Å². The van der Waals surface area contributed by atoms with Crippen molar-refractivity contribution >= 4 is 6.09 Å². The molecule has 1 aliphatic rings. The van der Waals surface area contributed by atoms with Crippen molar-refractivity contribution in [3.8, 4) is 11.5 Å². The van der Waals surface area contributed by atoms with Crippen LogP contribution in [-0.2, 0) is 11.3 Å². The summed E-state index contributed by atoms with van der Waals surface area (Å²) in [4.78, 5) is 11.4. The molecule has 1 aliphatic heterocycles. The van der Waals surface area contributed by atoms with Gasteiger partial charge in [0.15, 0.2) is 11.5 Å². The van der Waals surface area contributed by atoms with Gasteiger partial charge in [-0.1, -0.05) is 19.9 Å². The van der Waals surface area contributed by atoms with E-state index in [4.69, 9.17) is 14.2 Å². The van der Waals surface area contributed by atoms with Gasteiger partial charge in [-0.3, -0.25) is 0 Å². The van der Waals surface area contributed by atoms with E-state index < -0.39 is 6.09 Å². The van der Waals surface area contributed by atoms with E-state index in [0.717, 1.165) is 11.3 Å². The maximum Gasteiger partial charge on any atom is 0.407 e. The first-order valence-electron chi connectivity index (χ1n) is 5.94. The molecule has 0 aliphatic carbocycles. The zero-order valence-corrected chi connectivity index (χ0v) is 10.6. The minimum atomic E-state index is -0.402. The van der Waals surface area contributed by atoms with E-state index in [1.807, 2.05) is 32.0 Å². The molecule has 0 atom stereocenters. The van der Waals surface area contributed by atoms with Crippen LogP contribution in [0.4, 0.5) is 4.79 Å². The summed E-state index contributed by atoms with van der Waals surface area (Å²) in [6.07, 6.45) is -0.402. The van der Waals surface area contributed by atoms with Crippen molar-refractivity contribution in [3.63, 3.8) is 0 Å². The predicted octanol–water partition coefficient (Wildman–Crippen LogP) is 2.30. The normalized spacial score (nSPS) is 12.6. The van der Waals surface area contributed by atoms with Gasteiger partial charge in [0.05, 0.1) is 6.61 Å².